The largest absolute Gasteiger partial charge is 0.507 e. The van der Waals surface area contributed by atoms with Gasteiger partial charge in [-0.3, -0.25) is 0 Å². The molecule has 0 aliphatic rings. The molecule has 58 heavy (non-hydrogen) atoms. The monoisotopic (exact) mass is 872 g/mol. The summed E-state index contributed by atoms with van der Waals surface area (Å²) in [5.74, 6) is 0.529. The SMILES string of the molecule is OB(O)c1cccc2oc3ccccc3c12.Oc1ccc2oc3ccccc3c2c1-c1cccc2oc3ccccc3c12.Oc1ccc2oc3ccccc3c2c1I. The summed E-state index contributed by atoms with van der Waals surface area (Å²) in [6.07, 6.45) is 0. The van der Waals surface area contributed by atoms with Crippen LogP contribution < -0.4 is 5.46 Å². The van der Waals surface area contributed by atoms with Gasteiger partial charge in [-0.15, -0.1) is 0 Å². The summed E-state index contributed by atoms with van der Waals surface area (Å²) in [5.41, 5.74) is 8.50. The van der Waals surface area contributed by atoms with Crippen LogP contribution in [0.5, 0.6) is 11.5 Å². The lowest BCUT2D eigenvalue weighted by molar-refractivity contribution is 0.426. The minimum atomic E-state index is -1.48. The fourth-order valence-corrected chi connectivity index (χ4v) is 8.58. The molecule has 0 atom stereocenters. The first-order chi connectivity index (χ1) is 28.4. The molecular formula is C48H30BIO8. The first-order valence-electron chi connectivity index (χ1n) is 18.4. The molecule has 4 aromatic heterocycles. The van der Waals surface area contributed by atoms with E-state index in [0.29, 0.717) is 16.8 Å². The highest BCUT2D eigenvalue weighted by atomic mass is 127. The number of hydrogen-bond acceptors (Lipinski definition) is 8. The average molecular weight is 872 g/mol. The summed E-state index contributed by atoms with van der Waals surface area (Å²) in [6.45, 7) is 0. The molecule has 280 valence electrons. The Labute approximate surface area is 343 Å². The maximum Gasteiger partial charge on any atom is 0.489 e. The highest BCUT2D eigenvalue weighted by Gasteiger charge is 2.21. The number of rotatable bonds is 2. The first-order valence-corrected chi connectivity index (χ1v) is 19.5. The van der Waals surface area contributed by atoms with Crippen LogP contribution in [0.2, 0.25) is 0 Å². The Balaban J connectivity index is 0.000000113. The predicted octanol–water partition coefficient (Wildman–Crippen LogP) is 12.0. The van der Waals surface area contributed by atoms with Gasteiger partial charge in [-0.25, -0.2) is 0 Å². The normalized spacial score (nSPS) is 11.5. The lowest BCUT2D eigenvalue weighted by atomic mass is 9.77. The number of fused-ring (bicyclic) bond motifs is 12. The zero-order valence-corrected chi connectivity index (χ0v) is 32.5. The lowest BCUT2D eigenvalue weighted by Gasteiger charge is -2.08. The first kappa shape index (κ1) is 35.7. The van der Waals surface area contributed by atoms with Gasteiger partial charge in [0.1, 0.15) is 56.2 Å². The lowest BCUT2D eigenvalue weighted by Crippen LogP contribution is -2.30. The van der Waals surface area contributed by atoms with Crippen LogP contribution >= 0.6 is 22.6 Å². The maximum absolute atomic E-state index is 10.8. The maximum atomic E-state index is 10.8. The topological polar surface area (TPSA) is 133 Å². The Morgan fingerprint density at radius 2 is 0.759 bits per heavy atom. The van der Waals surface area contributed by atoms with E-state index in [4.69, 9.17) is 17.7 Å². The van der Waals surface area contributed by atoms with E-state index in [0.717, 1.165) is 96.9 Å². The van der Waals surface area contributed by atoms with Crippen LogP contribution in [0.15, 0.2) is 175 Å². The summed E-state index contributed by atoms with van der Waals surface area (Å²) in [5, 5.41) is 46.8. The molecule has 0 spiro atoms. The smallest absolute Gasteiger partial charge is 0.489 e. The molecule has 0 bridgehead atoms. The van der Waals surface area contributed by atoms with E-state index in [1.54, 1.807) is 30.3 Å². The second-order valence-corrected chi connectivity index (χ2v) is 14.8. The third kappa shape index (κ3) is 5.92. The zero-order valence-electron chi connectivity index (χ0n) is 30.4. The van der Waals surface area contributed by atoms with Gasteiger partial charge in [-0.1, -0.05) is 97.1 Å². The zero-order chi connectivity index (χ0) is 39.5. The van der Waals surface area contributed by atoms with Crippen molar-refractivity contribution >= 4 is 123 Å². The predicted molar refractivity (Wildman–Crippen MR) is 240 cm³/mol. The van der Waals surface area contributed by atoms with Crippen molar-refractivity contribution in [2.75, 3.05) is 0 Å². The van der Waals surface area contributed by atoms with Crippen molar-refractivity contribution < 1.29 is 37.9 Å². The average Bonchev–Trinajstić information content (AvgIpc) is 4.02. The van der Waals surface area contributed by atoms with E-state index in [1.165, 1.54) is 0 Å². The molecule has 8 aromatic carbocycles. The molecule has 4 N–H and O–H groups in total. The fraction of sp³-hybridized carbons (Fsp3) is 0. The number of aromatic hydroxyl groups is 2. The molecule has 8 nitrogen and oxygen atoms in total. The van der Waals surface area contributed by atoms with Crippen LogP contribution in [0.4, 0.5) is 0 Å². The molecule has 0 saturated heterocycles. The van der Waals surface area contributed by atoms with Crippen LogP contribution in [-0.4, -0.2) is 27.4 Å². The van der Waals surface area contributed by atoms with Crippen LogP contribution in [0.25, 0.3) is 98.9 Å². The molecule has 4 heterocycles. The molecule has 0 radical (unpaired) electrons. The van der Waals surface area contributed by atoms with Gasteiger partial charge >= 0.3 is 7.12 Å². The van der Waals surface area contributed by atoms with Gasteiger partial charge in [-0.2, -0.15) is 0 Å². The Bertz CT molecular complexity index is 3500. The molecule has 12 aromatic rings. The van der Waals surface area contributed by atoms with E-state index in [-0.39, 0.29) is 5.75 Å². The quantitative estimate of drug-likeness (QED) is 0.0997. The van der Waals surface area contributed by atoms with E-state index >= 15 is 0 Å². The molecule has 0 aliphatic carbocycles. The highest BCUT2D eigenvalue weighted by Crippen LogP contribution is 2.46. The highest BCUT2D eigenvalue weighted by molar-refractivity contribution is 14.1. The Morgan fingerprint density at radius 3 is 1.31 bits per heavy atom. The number of phenolic OH excluding ortho intramolecular Hbond substituents is 2. The van der Waals surface area contributed by atoms with Crippen molar-refractivity contribution in [2.24, 2.45) is 0 Å². The van der Waals surface area contributed by atoms with Crippen molar-refractivity contribution in [2.45, 2.75) is 0 Å². The molecular weight excluding hydrogens is 842 g/mol. The van der Waals surface area contributed by atoms with Gasteiger partial charge in [0.25, 0.3) is 0 Å². The van der Waals surface area contributed by atoms with Gasteiger partial charge in [0, 0.05) is 48.7 Å². The van der Waals surface area contributed by atoms with Crippen molar-refractivity contribution in [3.8, 4) is 22.6 Å². The summed E-state index contributed by atoms with van der Waals surface area (Å²) < 4.78 is 24.2. The third-order valence-corrected chi connectivity index (χ3v) is 11.5. The number of benzene rings is 8. The summed E-state index contributed by atoms with van der Waals surface area (Å²) in [7, 11) is -1.48. The van der Waals surface area contributed by atoms with Crippen LogP contribution in [-0.2, 0) is 0 Å². The molecule has 12 rings (SSSR count). The molecule has 0 saturated carbocycles. The van der Waals surface area contributed by atoms with Crippen LogP contribution in [0.3, 0.4) is 0 Å². The number of phenols is 2. The molecule has 0 aliphatic heterocycles. The Hall–Kier alpha value is -6.73. The Morgan fingerprint density at radius 1 is 0.362 bits per heavy atom. The summed E-state index contributed by atoms with van der Waals surface area (Å²) >= 11 is 2.14. The van der Waals surface area contributed by atoms with Crippen molar-refractivity contribution in [1.29, 1.82) is 0 Å². The van der Waals surface area contributed by atoms with Crippen molar-refractivity contribution in [1.82, 2.24) is 0 Å². The number of halogens is 1. The fourth-order valence-electron chi connectivity index (χ4n) is 7.84. The third-order valence-electron chi connectivity index (χ3n) is 10.4. The summed E-state index contributed by atoms with van der Waals surface area (Å²) in [6, 6.07) is 49.5. The van der Waals surface area contributed by atoms with Gasteiger partial charge in [0.05, 0.1) is 3.57 Å². The second-order valence-electron chi connectivity index (χ2n) is 13.8. The van der Waals surface area contributed by atoms with Gasteiger partial charge in [0.15, 0.2) is 0 Å². The van der Waals surface area contributed by atoms with E-state index in [1.807, 2.05) is 121 Å². The van der Waals surface area contributed by atoms with Crippen molar-refractivity contribution in [3.63, 3.8) is 0 Å². The van der Waals surface area contributed by atoms with Gasteiger partial charge < -0.3 is 37.9 Å². The minimum absolute atomic E-state index is 0.229. The van der Waals surface area contributed by atoms with Crippen LogP contribution in [0.1, 0.15) is 0 Å². The number of hydrogen-bond donors (Lipinski definition) is 4. The molecule has 0 amide bonds. The van der Waals surface area contributed by atoms with E-state index in [9.17, 15) is 20.3 Å². The van der Waals surface area contributed by atoms with Gasteiger partial charge in [-0.05, 0) is 94.3 Å². The van der Waals surface area contributed by atoms with Crippen LogP contribution in [0, 0.1) is 3.57 Å². The number of para-hydroxylation sites is 4. The second kappa shape index (κ2) is 14.3. The molecule has 0 unspecified atom stereocenters. The van der Waals surface area contributed by atoms with E-state index < -0.39 is 7.12 Å². The minimum Gasteiger partial charge on any atom is -0.507 e. The summed E-state index contributed by atoms with van der Waals surface area (Å²) in [4.78, 5) is 0. The molecule has 0 fully saturated rings. The molecule has 10 heteroatoms. The standard InChI is InChI=1S/C24H14O3.C12H9BO3.C12H7IO2/c25-17-12-13-21-24(15-7-2-4-10-19(15)27-21)23(17)16-8-5-11-20-22(16)14-6-1-3-9-18(14)26-20;14-13(15)9-5-3-7-11-12(9)8-4-1-2-6-10(8)16-11;13-12-8(14)5-6-10-11(12)7-3-1-2-4-9(7)15-10/h1-13,25H;1-7,14-15H;1-6,14H. The van der Waals surface area contributed by atoms with E-state index in [2.05, 4.69) is 28.7 Å². The van der Waals surface area contributed by atoms with Gasteiger partial charge in [0.2, 0.25) is 0 Å². The number of furan rings is 4. The van der Waals surface area contributed by atoms with Crippen molar-refractivity contribution in [3.05, 3.63) is 161 Å². The Kier molecular flexibility index (Phi) is 8.82.